The van der Waals surface area contributed by atoms with Gasteiger partial charge < -0.3 is 20.1 Å². The summed E-state index contributed by atoms with van der Waals surface area (Å²) in [7, 11) is 3.15. The van der Waals surface area contributed by atoms with Crippen LogP contribution in [-0.2, 0) is 4.79 Å². The van der Waals surface area contributed by atoms with Gasteiger partial charge in [-0.2, -0.15) is 0 Å². The fourth-order valence-corrected chi connectivity index (χ4v) is 1.71. The standard InChI is InChI=1S/C15H24N2O3/c1-5-11(2)16-9-8-15(18)17-12-6-7-13(19-3)14(10-12)20-4/h6-7,10-11,16H,5,8-9H2,1-4H3,(H,17,18). The van der Waals surface area contributed by atoms with E-state index in [0.717, 1.165) is 6.42 Å². The number of anilines is 1. The molecule has 1 aromatic carbocycles. The van der Waals surface area contributed by atoms with Gasteiger partial charge in [0.1, 0.15) is 0 Å². The molecule has 0 bridgehead atoms. The Hall–Kier alpha value is -1.75. The Morgan fingerprint density at radius 2 is 1.95 bits per heavy atom. The number of methoxy groups -OCH3 is 2. The summed E-state index contributed by atoms with van der Waals surface area (Å²) in [4.78, 5) is 11.8. The molecule has 5 nitrogen and oxygen atoms in total. The predicted molar refractivity (Wildman–Crippen MR) is 80.5 cm³/mol. The topological polar surface area (TPSA) is 59.6 Å². The van der Waals surface area contributed by atoms with Crippen LogP contribution >= 0.6 is 0 Å². The first-order valence-corrected chi connectivity index (χ1v) is 6.86. The zero-order chi connectivity index (χ0) is 15.0. The van der Waals surface area contributed by atoms with Gasteiger partial charge in [0.25, 0.3) is 0 Å². The quantitative estimate of drug-likeness (QED) is 0.768. The average molecular weight is 280 g/mol. The van der Waals surface area contributed by atoms with Gasteiger partial charge in [0.2, 0.25) is 5.91 Å². The summed E-state index contributed by atoms with van der Waals surface area (Å²) in [6.45, 7) is 4.89. The van der Waals surface area contributed by atoms with Crippen LogP contribution in [0.2, 0.25) is 0 Å². The number of hydrogen-bond donors (Lipinski definition) is 2. The largest absolute Gasteiger partial charge is 0.493 e. The van der Waals surface area contributed by atoms with E-state index in [1.54, 1.807) is 32.4 Å². The summed E-state index contributed by atoms with van der Waals surface area (Å²) in [5.41, 5.74) is 0.705. The van der Waals surface area contributed by atoms with Gasteiger partial charge in [0, 0.05) is 30.8 Å². The number of carbonyl (C=O) groups excluding carboxylic acids is 1. The van der Waals surface area contributed by atoms with Gasteiger partial charge in [-0.25, -0.2) is 0 Å². The Labute approximate surface area is 120 Å². The third kappa shape index (κ3) is 5.09. The molecule has 1 unspecified atom stereocenters. The van der Waals surface area contributed by atoms with Gasteiger partial charge >= 0.3 is 0 Å². The second-order valence-corrected chi connectivity index (χ2v) is 4.63. The van der Waals surface area contributed by atoms with Gasteiger partial charge in [-0.3, -0.25) is 4.79 Å². The number of hydrogen-bond acceptors (Lipinski definition) is 4. The minimum absolute atomic E-state index is 0.0203. The highest BCUT2D eigenvalue weighted by atomic mass is 16.5. The van der Waals surface area contributed by atoms with Crippen molar-refractivity contribution in [2.45, 2.75) is 32.7 Å². The summed E-state index contributed by atoms with van der Waals surface area (Å²) in [6.07, 6.45) is 1.50. The van der Waals surface area contributed by atoms with E-state index in [-0.39, 0.29) is 5.91 Å². The van der Waals surface area contributed by atoms with Crippen molar-refractivity contribution in [3.05, 3.63) is 18.2 Å². The first-order valence-electron chi connectivity index (χ1n) is 6.86. The van der Waals surface area contributed by atoms with Crippen LogP contribution in [0.5, 0.6) is 11.5 Å². The molecule has 1 amide bonds. The van der Waals surface area contributed by atoms with E-state index in [9.17, 15) is 4.79 Å². The first kappa shape index (κ1) is 16.3. The first-order chi connectivity index (χ1) is 9.60. The van der Waals surface area contributed by atoms with Gasteiger partial charge in [-0.1, -0.05) is 6.92 Å². The van der Waals surface area contributed by atoms with E-state index in [4.69, 9.17) is 9.47 Å². The van der Waals surface area contributed by atoms with Crippen LogP contribution in [0.15, 0.2) is 18.2 Å². The van der Waals surface area contributed by atoms with Crippen LogP contribution < -0.4 is 20.1 Å². The molecular formula is C15H24N2O3. The van der Waals surface area contributed by atoms with E-state index in [1.165, 1.54) is 0 Å². The van der Waals surface area contributed by atoms with Crippen molar-refractivity contribution in [1.82, 2.24) is 5.32 Å². The van der Waals surface area contributed by atoms with E-state index >= 15 is 0 Å². The summed E-state index contributed by atoms with van der Waals surface area (Å²) in [6, 6.07) is 5.75. The molecule has 0 aromatic heterocycles. The Morgan fingerprint density at radius 3 is 2.55 bits per heavy atom. The van der Waals surface area contributed by atoms with Crippen LogP contribution in [0.1, 0.15) is 26.7 Å². The molecule has 0 saturated heterocycles. The van der Waals surface area contributed by atoms with Gasteiger partial charge in [-0.05, 0) is 25.5 Å². The van der Waals surface area contributed by atoms with Crippen molar-refractivity contribution in [2.75, 3.05) is 26.1 Å². The lowest BCUT2D eigenvalue weighted by Crippen LogP contribution is -2.28. The second kappa shape index (κ2) is 8.43. The Morgan fingerprint density at radius 1 is 1.25 bits per heavy atom. The molecule has 20 heavy (non-hydrogen) atoms. The second-order valence-electron chi connectivity index (χ2n) is 4.63. The van der Waals surface area contributed by atoms with Gasteiger partial charge in [0.15, 0.2) is 11.5 Å². The Balaban J connectivity index is 2.49. The van der Waals surface area contributed by atoms with E-state index < -0.39 is 0 Å². The van der Waals surface area contributed by atoms with Gasteiger partial charge in [0.05, 0.1) is 14.2 Å². The summed E-state index contributed by atoms with van der Waals surface area (Å²) < 4.78 is 10.3. The lowest BCUT2D eigenvalue weighted by atomic mass is 10.2. The molecule has 0 aliphatic heterocycles. The molecule has 5 heteroatoms. The number of carbonyl (C=O) groups is 1. The SMILES string of the molecule is CCC(C)NCCC(=O)Nc1ccc(OC)c(OC)c1. The van der Waals surface area contributed by atoms with Crippen molar-refractivity contribution in [3.8, 4) is 11.5 Å². The maximum atomic E-state index is 11.8. The van der Waals surface area contributed by atoms with Crippen molar-refractivity contribution >= 4 is 11.6 Å². The van der Waals surface area contributed by atoms with E-state index in [2.05, 4.69) is 24.5 Å². The van der Waals surface area contributed by atoms with Crippen LogP contribution in [0.25, 0.3) is 0 Å². The average Bonchev–Trinajstić information content (AvgIpc) is 2.46. The maximum Gasteiger partial charge on any atom is 0.225 e. The van der Waals surface area contributed by atoms with Crippen LogP contribution in [-0.4, -0.2) is 32.7 Å². The lowest BCUT2D eigenvalue weighted by molar-refractivity contribution is -0.116. The molecular weight excluding hydrogens is 256 g/mol. The van der Waals surface area contributed by atoms with Crippen LogP contribution in [0.3, 0.4) is 0 Å². The van der Waals surface area contributed by atoms with E-state index in [0.29, 0.717) is 36.2 Å². The molecule has 2 N–H and O–H groups in total. The zero-order valence-electron chi connectivity index (χ0n) is 12.7. The third-order valence-electron chi connectivity index (χ3n) is 3.12. The highest BCUT2D eigenvalue weighted by Crippen LogP contribution is 2.29. The molecule has 0 heterocycles. The molecule has 0 saturated carbocycles. The molecule has 0 aliphatic carbocycles. The third-order valence-corrected chi connectivity index (χ3v) is 3.12. The predicted octanol–water partition coefficient (Wildman–Crippen LogP) is 2.42. The van der Waals surface area contributed by atoms with Crippen LogP contribution in [0.4, 0.5) is 5.69 Å². The normalized spacial score (nSPS) is 11.8. The molecule has 0 spiro atoms. The molecule has 0 radical (unpaired) electrons. The molecule has 0 fully saturated rings. The van der Waals surface area contributed by atoms with Crippen molar-refractivity contribution < 1.29 is 14.3 Å². The molecule has 1 atom stereocenters. The monoisotopic (exact) mass is 280 g/mol. The van der Waals surface area contributed by atoms with Crippen molar-refractivity contribution in [2.24, 2.45) is 0 Å². The molecule has 0 aliphatic rings. The minimum atomic E-state index is -0.0203. The van der Waals surface area contributed by atoms with E-state index in [1.807, 2.05) is 0 Å². The molecule has 1 aromatic rings. The number of benzene rings is 1. The van der Waals surface area contributed by atoms with Crippen molar-refractivity contribution in [1.29, 1.82) is 0 Å². The van der Waals surface area contributed by atoms with Crippen molar-refractivity contribution in [3.63, 3.8) is 0 Å². The fourth-order valence-electron chi connectivity index (χ4n) is 1.71. The Bertz CT molecular complexity index is 435. The number of nitrogens with one attached hydrogen (secondary N) is 2. The lowest BCUT2D eigenvalue weighted by Gasteiger charge is -2.12. The number of rotatable bonds is 8. The summed E-state index contributed by atoms with van der Waals surface area (Å²) in [5, 5.41) is 6.13. The number of ether oxygens (including phenoxy) is 2. The number of amides is 1. The fraction of sp³-hybridized carbons (Fsp3) is 0.533. The minimum Gasteiger partial charge on any atom is -0.493 e. The Kier molecular flexibility index (Phi) is 6.87. The highest BCUT2D eigenvalue weighted by molar-refractivity contribution is 5.91. The molecule has 1 rings (SSSR count). The molecule has 112 valence electrons. The highest BCUT2D eigenvalue weighted by Gasteiger charge is 2.07. The summed E-state index contributed by atoms with van der Waals surface area (Å²) >= 11 is 0. The maximum absolute atomic E-state index is 11.8. The zero-order valence-corrected chi connectivity index (χ0v) is 12.7. The smallest absolute Gasteiger partial charge is 0.225 e. The van der Waals surface area contributed by atoms with Gasteiger partial charge in [-0.15, -0.1) is 0 Å². The summed E-state index contributed by atoms with van der Waals surface area (Å²) in [5.74, 6) is 1.22. The van der Waals surface area contributed by atoms with Crippen LogP contribution in [0, 0.1) is 0 Å².